The van der Waals surface area contributed by atoms with Crippen LogP contribution in [0.1, 0.15) is 24.0 Å². The normalized spacial score (nSPS) is 20.4. The van der Waals surface area contributed by atoms with Crippen molar-refractivity contribution in [3.8, 4) is 5.75 Å². The summed E-state index contributed by atoms with van der Waals surface area (Å²) in [6, 6.07) is 4.73. The summed E-state index contributed by atoms with van der Waals surface area (Å²) in [4.78, 5) is 0. The van der Waals surface area contributed by atoms with Crippen molar-refractivity contribution in [2.45, 2.75) is 32.0 Å². The Morgan fingerprint density at radius 3 is 2.35 bits per heavy atom. The van der Waals surface area contributed by atoms with E-state index in [0.717, 1.165) is 49.9 Å². The van der Waals surface area contributed by atoms with E-state index in [-0.39, 0.29) is 28.2 Å². The average molecular weight is 325 g/mol. The summed E-state index contributed by atoms with van der Waals surface area (Å²) in [5.74, 6) is -0.108. The predicted molar refractivity (Wildman–Crippen MR) is 65.3 cm³/mol. The molecule has 1 heterocycles. The number of rotatable bonds is 1. The fourth-order valence-corrected chi connectivity index (χ4v) is 3.23. The Labute approximate surface area is 126 Å². The molecule has 0 aromatic heterocycles. The molecule has 0 saturated carbocycles. The van der Waals surface area contributed by atoms with E-state index in [1.54, 1.807) is 12.1 Å². The molecule has 2 aliphatic rings. The van der Waals surface area contributed by atoms with E-state index in [0.29, 0.717) is 0 Å². The van der Waals surface area contributed by atoms with Crippen LogP contribution in [0.15, 0.2) is 18.2 Å². The van der Waals surface area contributed by atoms with E-state index in [9.17, 15) is 13.2 Å². The molecule has 0 atom stereocenters. The van der Waals surface area contributed by atoms with Gasteiger partial charge < -0.3 is 10.1 Å². The van der Waals surface area contributed by atoms with Gasteiger partial charge in [-0.2, -0.15) is 0 Å². The van der Waals surface area contributed by atoms with E-state index in [1.807, 2.05) is 0 Å². The molecule has 20 heavy (non-hydrogen) atoms. The maximum atomic E-state index is 12.2. The van der Waals surface area contributed by atoms with Crippen LogP contribution in [0.25, 0.3) is 5.32 Å². The smallest absolute Gasteiger partial charge is 0.573 e. The average Bonchev–Trinajstić information content (AvgIpc) is 2.64. The van der Waals surface area contributed by atoms with E-state index >= 15 is 0 Å². The van der Waals surface area contributed by atoms with Crippen LogP contribution in [-0.4, -0.2) is 19.5 Å². The molecule has 1 radical (unpaired) electrons. The third-order valence-corrected chi connectivity index (χ3v) is 4.14. The standard InChI is InChI=1S/C14H15F3NO.Mn/c15-14(16,17)19-12-2-1-10-8-13(9-11(10)7-12)3-5-18-6-4-13;/h1-2,7H,3-6,8-9H2;/q-1;. The molecule has 1 aliphatic heterocycles. The number of nitrogens with zero attached hydrogens (tertiary/aromatic N) is 1. The van der Waals surface area contributed by atoms with Gasteiger partial charge in [0.05, 0.1) is 0 Å². The molecule has 0 N–H and O–H groups in total. The Kier molecular flexibility index (Phi) is 4.38. The molecular formula is C14H15F3MnNO-. The van der Waals surface area contributed by atoms with Crippen LogP contribution in [0.4, 0.5) is 13.2 Å². The van der Waals surface area contributed by atoms with Gasteiger partial charge >= 0.3 is 6.36 Å². The quantitative estimate of drug-likeness (QED) is 0.720. The molecule has 1 fully saturated rings. The summed E-state index contributed by atoms with van der Waals surface area (Å²) in [5.41, 5.74) is 2.39. The topological polar surface area (TPSA) is 23.3 Å². The number of halogens is 3. The second-order valence-corrected chi connectivity index (χ2v) is 5.50. The minimum Gasteiger partial charge on any atom is -0.662 e. The molecule has 1 aliphatic carbocycles. The molecule has 0 bridgehead atoms. The SMILES string of the molecule is FC(F)(F)Oc1ccc2c(c1)CC1(CC[N-]CC1)C2.[Mn]. The monoisotopic (exact) mass is 325 g/mol. The summed E-state index contributed by atoms with van der Waals surface area (Å²) < 4.78 is 40.6. The number of alkyl halides is 3. The molecule has 1 saturated heterocycles. The van der Waals surface area contributed by atoms with Crippen molar-refractivity contribution in [1.29, 1.82) is 0 Å². The van der Waals surface area contributed by atoms with Gasteiger partial charge in [-0.05, 0) is 41.5 Å². The van der Waals surface area contributed by atoms with E-state index in [1.165, 1.54) is 6.07 Å². The van der Waals surface area contributed by atoms with Gasteiger partial charge in [0, 0.05) is 17.1 Å². The van der Waals surface area contributed by atoms with Crippen molar-refractivity contribution in [3.05, 3.63) is 34.6 Å². The van der Waals surface area contributed by atoms with Crippen molar-refractivity contribution in [2.24, 2.45) is 5.41 Å². The Hall–Kier alpha value is -0.711. The summed E-state index contributed by atoms with van der Waals surface area (Å²) in [5, 5.41) is 4.35. The first kappa shape index (κ1) is 15.7. The second kappa shape index (κ2) is 5.58. The number of fused-ring (bicyclic) bond motifs is 1. The molecule has 0 unspecified atom stereocenters. The molecule has 2 nitrogen and oxygen atoms in total. The fraction of sp³-hybridized carbons (Fsp3) is 0.571. The molecule has 0 amide bonds. The number of piperidine rings is 1. The second-order valence-electron chi connectivity index (χ2n) is 5.50. The molecular weight excluding hydrogens is 310 g/mol. The Bertz CT molecular complexity index is 484. The minimum absolute atomic E-state index is 0. The zero-order valence-electron chi connectivity index (χ0n) is 10.8. The van der Waals surface area contributed by atoms with Gasteiger partial charge in [0.15, 0.2) is 0 Å². The van der Waals surface area contributed by atoms with Crippen molar-refractivity contribution in [1.82, 2.24) is 0 Å². The van der Waals surface area contributed by atoms with Crippen molar-refractivity contribution in [2.75, 3.05) is 13.1 Å². The van der Waals surface area contributed by atoms with Gasteiger partial charge in [0.25, 0.3) is 0 Å². The predicted octanol–water partition coefficient (Wildman–Crippen LogP) is 3.84. The molecule has 111 valence electrons. The summed E-state index contributed by atoms with van der Waals surface area (Å²) in [7, 11) is 0. The zero-order chi connectivity index (χ0) is 13.5. The molecule has 6 heteroatoms. The molecule has 1 aromatic carbocycles. The fourth-order valence-electron chi connectivity index (χ4n) is 3.23. The number of ether oxygens (including phenoxy) is 1. The first-order chi connectivity index (χ1) is 8.96. The first-order valence-electron chi connectivity index (χ1n) is 6.47. The summed E-state index contributed by atoms with van der Waals surface area (Å²) in [6.45, 7) is 1.75. The van der Waals surface area contributed by atoms with Gasteiger partial charge in [-0.3, -0.25) is 0 Å². The van der Waals surface area contributed by atoms with Crippen LogP contribution in [0.2, 0.25) is 0 Å². The molecule has 1 spiro atoms. The van der Waals surface area contributed by atoms with Crippen LogP contribution in [0, 0.1) is 5.41 Å². The maximum absolute atomic E-state index is 12.2. The van der Waals surface area contributed by atoms with E-state index in [2.05, 4.69) is 10.1 Å². The van der Waals surface area contributed by atoms with Gasteiger partial charge in [0.1, 0.15) is 5.75 Å². The van der Waals surface area contributed by atoms with Crippen molar-refractivity contribution >= 4 is 0 Å². The van der Waals surface area contributed by atoms with Crippen LogP contribution in [-0.2, 0) is 29.9 Å². The third kappa shape index (κ3) is 3.30. The Morgan fingerprint density at radius 2 is 1.70 bits per heavy atom. The van der Waals surface area contributed by atoms with Crippen LogP contribution >= 0.6 is 0 Å². The van der Waals surface area contributed by atoms with Gasteiger partial charge in [-0.15, -0.1) is 26.3 Å². The minimum atomic E-state index is -4.62. The Balaban J connectivity index is 0.00000147. The number of hydrogen-bond donors (Lipinski definition) is 0. The zero-order valence-corrected chi connectivity index (χ0v) is 12.0. The van der Waals surface area contributed by atoms with Crippen molar-refractivity contribution < 1.29 is 35.0 Å². The number of benzene rings is 1. The number of hydrogen-bond acceptors (Lipinski definition) is 1. The van der Waals surface area contributed by atoms with Crippen LogP contribution in [0.5, 0.6) is 5.75 Å². The van der Waals surface area contributed by atoms with Gasteiger partial charge in [-0.1, -0.05) is 18.9 Å². The van der Waals surface area contributed by atoms with E-state index in [4.69, 9.17) is 0 Å². The largest absolute Gasteiger partial charge is 0.662 e. The molecule has 1 aromatic rings. The summed E-state index contributed by atoms with van der Waals surface area (Å²) in [6.07, 6.45) is -0.723. The van der Waals surface area contributed by atoms with Gasteiger partial charge in [-0.25, -0.2) is 0 Å². The van der Waals surface area contributed by atoms with Crippen LogP contribution in [0.3, 0.4) is 0 Å². The first-order valence-corrected chi connectivity index (χ1v) is 6.47. The third-order valence-electron chi connectivity index (χ3n) is 4.14. The molecule has 3 rings (SSSR count). The van der Waals surface area contributed by atoms with Crippen LogP contribution < -0.4 is 4.74 Å². The summed E-state index contributed by atoms with van der Waals surface area (Å²) >= 11 is 0. The van der Waals surface area contributed by atoms with E-state index < -0.39 is 6.36 Å². The maximum Gasteiger partial charge on any atom is 0.573 e. The van der Waals surface area contributed by atoms with Gasteiger partial charge in [0.2, 0.25) is 0 Å². The Morgan fingerprint density at radius 1 is 1.05 bits per heavy atom. The van der Waals surface area contributed by atoms with Crippen molar-refractivity contribution in [3.63, 3.8) is 0 Å².